The first-order valence-corrected chi connectivity index (χ1v) is 6.49. The van der Waals surface area contributed by atoms with Crippen molar-refractivity contribution in [3.8, 4) is 0 Å². The molecule has 1 aliphatic heterocycles. The van der Waals surface area contributed by atoms with Gasteiger partial charge in [-0.1, -0.05) is 18.2 Å². The summed E-state index contributed by atoms with van der Waals surface area (Å²) >= 11 is 2.04. The first kappa shape index (κ1) is 11.0. The zero-order chi connectivity index (χ0) is 10.8. The van der Waals surface area contributed by atoms with Gasteiger partial charge in [-0.05, 0) is 38.9 Å². The predicted molar refractivity (Wildman–Crippen MR) is 67.6 cm³/mol. The summed E-state index contributed by atoms with van der Waals surface area (Å²) in [6.45, 7) is 5.70. The van der Waals surface area contributed by atoms with E-state index in [1.807, 2.05) is 11.8 Å². The molecule has 1 aliphatic rings. The molecule has 0 spiro atoms. The summed E-state index contributed by atoms with van der Waals surface area (Å²) in [5, 5.41) is 0.745. The topological polar surface area (TPSA) is 3.24 Å². The van der Waals surface area contributed by atoms with Crippen LogP contribution < -0.4 is 0 Å². The molecule has 1 aromatic rings. The van der Waals surface area contributed by atoms with Crippen LogP contribution in [0.15, 0.2) is 29.2 Å². The van der Waals surface area contributed by atoms with E-state index >= 15 is 0 Å². The van der Waals surface area contributed by atoms with Gasteiger partial charge in [-0.15, -0.1) is 11.8 Å². The van der Waals surface area contributed by atoms with E-state index in [4.69, 9.17) is 0 Å². The lowest BCUT2D eigenvalue weighted by Gasteiger charge is -2.23. The molecule has 15 heavy (non-hydrogen) atoms. The Bertz CT molecular complexity index is 310. The summed E-state index contributed by atoms with van der Waals surface area (Å²) in [4.78, 5) is 3.92. The first-order chi connectivity index (χ1) is 7.16. The number of benzene rings is 1. The van der Waals surface area contributed by atoms with Crippen molar-refractivity contribution in [2.75, 3.05) is 13.6 Å². The lowest BCUT2D eigenvalue weighted by molar-refractivity contribution is 0.275. The third kappa shape index (κ3) is 2.56. The maximum absolute atomic E-state index is 2.43. The molecule has 1 aromatic carbocycles. The Morgan fingerprint density at radius 1 is 1.40 bits per heavy atom. The summed E-state index contributed by atoms with van der Waals surface area (Å²) in [5.74, 6) is 0. The number of thioether (sulfide) groups is 1. The smallest absolute Gasteiger partial charge is 0.0263 e. The van der Waals surface area contributed by atoms with Gasteiger partial charge in [-0.3, -0.25) is 0 Å². The Kier molecular flexibility index (Phi) is 3.37. The minimum Gasteiger partial charge on any atom is -0.303 e. The monoisotopic (exact) mass is 221 g/mol. The van der Waals surface area contributed by atoms with Crippen LogP contribution in [-0.4, -0.2) is 29.8 Å². The van der Waals surface area contributed by atoms with Gasteiger partial charge in [0.25, 0.3) is 0 Å². The van der Waals surface area contributed by atoms with E-state index in [0.717, 1.165) is 5.25 Å². The fourth-order valence-corrected chi connectivity index (χ4v) is 3.28. The van der Waals surface area contributed by atoms with E-state index in [2.05, 4.69) is 50.1 Å². The summed E-state index contributed by atoms with van der Waals surface area (Å²) in [5.41, 5.74) is 1.53. The summed E-state index contributed by atoms with van der Waals surface area (Å²) in [6, 6.07) is 9.44. The van der Waals surface area contributed by atoms with Crippen molar-refractivity contribution in [1.29, 1.82) is 0 Å². The number of hydrogen-bond acceptors (Lipinski definition) is 2. The third-order valence-electron chi connectivity index (χ3n) is 3.09. The molecule has 1 nitrogen and oxygen atoms in total. The van der Waals surface area contributed by atoms with Gasteiger partial charge >= 0.3 is 0 Å². The summed E-state index contributed by atoms with van der Waals surface area (Å²) in [7, 11) is 2.22. The van der Waals surface area contributed by atoms with Crippen molar-refractivity contribution in [3.63, 3.8) is 0 Å². The Labute approximate surface area is 96.9 Å². The Hall–Kier alpha value is -0.470. The zero-order valence-electron chi connectivity index (χ0n) is 9.73. The molecule has 1 heterocycles. The lowest BCUT2D eigenvalue weighted by Crippen LogP contribution is -2.32. The molecule has 0 amide bonds. The maximum Gasteiger partial charge on any atom is 0.0263 e. The highest BCUT2D eigenvalue weighted by Crippen LogP contribution is 2.36. The quantitative estimate of drug-likeness (QED) is 0.772. The second kappa shape index (κ2) is 4.58. The van der Waals surface area contributed by atoms with E-state index in [1.165, 1.54) is 23.4 Å². The van der Waals surface area contributed by atoms with E-state index in [1.54, 1.807) is 0 Å². The second-order valence-electron chi connectivity index (χ2n) is 4.59. The average Bonchev–Trinajstić information content (AvgIpc) is 2.59. The molecule has 2 rings (SSSR count). The van der Waals surface area contributed by atoms with Crippen molar-refractivity contribution in [1.82, 2.24) is 4.90 Å². The number of fused-ring (bicyclic) bond motifs is 1. The molecule has 1 atom stereocenters. The molecule has 2 heteroatoms. The number of hydrogen-bond donors (Lipinski definition) is 0. The largest absolute Gasteiger partial charge is 0.303 e. The average molecular weight is 221 g/mol. The number of nitrogens with zero attached hydrogens (tertiary/aromatic N) is 1. The van der Waals surface area contributed by atoms with Crippen molar-refractivity contribution in [2.24, 2.45) is 0 Å². The van der Waals surface area contributed by atoms with Crippen LogP contribution in [0.2, 0.25) is 0 Å². The molecule has 0 aromatic heterocycles. The zero-order valence-corrected chi connectivity index (χ0v) is 10.6. The predicted octanol–water partition coefficient (Wildman–Crippen LogP) is 3.04. The third-order valence-corrected chi connectivity index (χ3v) is 4.39. The maximum atomic E-state index is 2.43. The van der Waals surface area contributed by atoms with Crippen molar-refractivity contribution in [3.05, 3.63) is 29.8 Å². The van der Waals surface area contributed by atoms with Gasteiger partial charge in [0.05, 0.1) is 0 Å². The Balaban J connectivity index is 1.96. The van der Waals surface area contributed by atoms with E-state index in [0.29, 0.717) is 6.04 Å². The van der Waals surface area contributed by atoms with E-state index in [-0.39, 0.29) is 0 Å². The molecule has 1 unspecified atom stereocenters. The molecule has 0 N–H and O–H groups in total. The SMILES string of the molecule is CC(C)N(C)CC1Cc2ccccc2S1. The van der Waals surface area contributed by atoms with Gasteiger partial charge < -0.3 is 4.90 Å². The lowest BCUT2D eigenvalue weighted by atomic mass is 10.1. The van der Waals surface area contributed by atoms with Crippen molar-refractivity contribution >= 4 is 11.8 Å². The van der Waals surface area contributed by atoms with E-state index < -0.39 is 0 Å². The van der Waals surface area contributed by atoms with Gasteiger partial charge in [0.15, 0.2) is 0 Å². The van der Waals surface area contributed by atoms with Crippen LogP contribution in [0.4, 0.5) is 0 Å². The highest BCUT2D eigenvalue weighted by Gasteiger charge is 2.23. The second-order valence-corrected chi connectivity index (χ2v) is 5.93. The Morgan fingerprint density at radius 2 is 2.13 bits per heavy atom. The first-order valence-electron chi connectivity index (χ1n) is 5.61. The molecule has 0 saturated heterocycles. The van der Waals surface area contributed by atoms with E-state index in [9.17, 15) is 0 Å². The van der Waals surface area contributed by atoms with Crippen molar-refractivity contribution < 1.29 is 0 Å². The molecular formula is C13H19NS. The highest BCUT2D eigenvalue weighted by atomic mass is 32.2. The minimum atomic E-state index is 0.648. The normalized spacial score (nSPS) is 19.9. The fourth-order valence-electron chi connectivity index (χ4n) is 1.89. The molecule has 82 valence electrons. The Morgan fingerprint density at radius 3 is 2.80 bits per heavy atom. The number of rotatable bonds is 3. The van der Waals surface area contributed by atoms with Crippen LogP contribution in [0, 0.1) is 0 Å². The summed E-state index contributed by atoms with van der Waals surface area (Å²) in [6.07, 6.45) is 1.23. The molecule has 0 radical (unpaired) electrons. The molecular weight excluding hydrogens is 202 g/mol. The van der Waals surface area contributed by atoms with Crippen LogP contribution in [0.25, 0.3) is 0 Å². The van der Waals surface area contributed by atoms with Crippen LogP contribution in [0.5, 0.6) is 0 Å². The molecule has 0 saturated carbocycles. The van der Waals surface area contributed by atoms with Gasteiger partial charge in [-0.2, -0.15) is 0 Å². The van der Waals surface area contributed by atoms with Crippen LogP contribution in [0.1, 0.15) is 19.4 Å². The minimum absolute atomic E-state index is 0.648. The van der Waals surface area contributed by atoms with Crippen molar-refractivity contribution in [2.45, 2.75) is 36.5 Å². The molecule has 0 fully saturated rings. The molecule has 0 aliphatic carbocycles. The van der Waals surface area contributed by atoms with Crippen LogP contribution in [-0.2, 0) is 6.42 Å². The highest BCUT2D eigenvalue weighted by molar-refractivity contribution is 8.00. The van der Waals surface area contributed by atoms with Crippen LogP contribution in [0.3, 0.4) is 0 Å². The van der Waals surface area contributed by atoms with Crippen LogP contribution >= 0.6 is 11.8 Å². The standard InChI is InChI=1S/C13H19NS/c1-10(2)14(3)9-12-8-11-6-4-5-7-13(11)15-12/h4-7,10,12H,8-9H2,1-3H3. The van der Waals surface area contributed by atoms with Gasteiger partial charge in [-0.25, -0.2) is 0 Å². The van der Waals surface area contributed by atoms with Gasteiger partial charge in [0.1, 0.15) is 0 Å². The van der Waals surface area contributed by atoms with Gasteiger partial charge in [0.2, 0.25) is 0 Å². The fraction of sp³-hybridized carbons (Fsp3) is 0.538. The van der Waals surface area contributed by atoms with Gasteiger partial charge in [0, 0.05) is 22.7 Å². The summed E-state index contributed by atoms with van der Waals surface area (Å²) < 4.78 is 0. The molecule has 0 bridgehead atoms.